The van der Waals surface area contributed by atoms with E-state index in [1.165, 1.54) is 7.11 Å². The summed E-state index contributed by atoms with van der Waals surface area (Å²) in [6, 6.07) is 10.1. The molecule has 0 aromatic heterocycles. The number of nitro groups is 1. The minimum atomic E-state index is -1.04. The van der Waals surface area contributed by atoms with E-state index >= 15 is 0 Å². The van der Waals surface area contributed by atoms with Crippen molar-refractivity contribution in [2.24, 2.45) is 5.92 Å². The second-order valence-electron chi connectivity index (χ2n) is 3.63. The van der Waals surface area contributed by atoms with E-state index in [4.69, 9.17) is 15.3 Å². The highest BCUT2D eigenvalue weighted by Gasteiger charge is 2.27. The Bertz CT molecular complexity index is 485. The first-order valence-corrected chi connectivity index (χ1v) is 5.17. The molecule has 1 atom stereocenters. The fourth-order valence-corrected chi connectivity index (χ4v) is 1.62. The highest BCUT2D eigenvalue weighted by Crippen LogP contribution is 2.26. The van der Waals surface area contributed by atoms with Crippen LogP contribution in [0.1, 0.15) is 11.5 Å². The molecule has 0 fully saturated rings. The van der Waals surface area contributed by atoms with Crippen LogP contribution in [0.15, 0.2) is 24.3 Å². The second-order valence-corrected chi connectivity index (χ2v) is 3.63. The van der Waals surface area contributed by atoms with Crippen LogP contribution in [-0.2, 0) is 0 Å². The smallest absolute Gasteiger partial charge is 0.212 e. The molecule has 0 radical (unpaired) electrons. The first-order chi connectivity index (χ1) is 8.62. The van der Waals surface area contributed by atoms with Gasteiger partial charge in [-0.15, -0.1) is 0 Å². The molecule has 92 valence electrons. The number of benzene rings is 1. The third-order valence-corrected chi connectivity index (χ3v) is 2.57. The highest BCUT2D eigenvalue weighted by molar-refractivity contribution is 5.31. The molecule has 0 saturated heterocycles. The Labute approximate surface area is 104 Å². The van der Waals surface area contributed by atoms with Crippen LogP contribution in [-0.4, -0.2) is 18.6 Å². The quantitative estimate of drug-likeness (QED) is 0.580. The molecule has 6 nitrogen and oxygen atoms in total. The van der Waals surface area contributed by atoms with Gasteiger partial charge in [0, 0.05) is 4.92 Å². The number of ether oxygens (including phenoxy) is 1. The number of nitriles is 2. The molecule has 0 saturated carbocycles. The van der Waals surface area contributed by atoms with E-state index in [-0.39, 0.29) is 0 Å². The lowest BCUT2D eigenvalue weighted by Gasteiger charge is -2.13. The Morgan fingerprint density at radius 2 is 1.89 bits per heavy atom. The third kappa shape index (κ3) is 3.19. The molecule has 1 aromatic rings. The van der Waals surface area contributed by atoms with E-state index in [1.807, 2.05) is 0 Å². The predicted octanol–water partition coefficient (Wildman–Crippen LogP) is 1.72. The van der Waals surface area contributed by atoms with Gasteiger partial charge in [0.15, 0.2) is 0 Å². The van der Waals surface area contributed by atoms with Gasteiger partial charge in [-0.3, -0.25) is 10.1 Å². The number of hydrogen-bond acceptors (Lipinski definition) is 5. The zero-order valence-electron chi connectivity index (χ0n) is 9.74. The van der Waals surface area contributed by atoms with Crippen LogP contribution in [0.2, 0.25) is 0 Å². The molecule has 0 amide bonds. The van der Waals surface area contributed by atoms with E-state index in [2.05, 4.69) is 0 Å². The number of nitrogens with zero attached hydrogens (tertiary/aromatic N) is 3. The molecule has 0 aliphatic heterocycles. The van der Waals surface area contributed by atoms with Crippen molar-refractivity contribution < 1.29 is 9.66 Å². The van der Waals surface area contributed by atoms with Gasteiger partial charge in [-0.25, -0.2) is 0 Å². The zero-order chi connectivity index (χ0) is 13.5. The van der Waals surface area contributed by atoms with Gasteiger partial charge in [0.1, 0.15) is 11.7 Å². The molecule has 1 aromatic carbocycles. The molecule has 6 heteroatoms. The maximum Gasteiger partial charge on any atom is 0.212 e. The van der Waals surface area contributed by atoms with Gasteiger partial charge in [-0.05, 0) is 17.7 Å². The standard InChI is InChI=1S/C12H11N3O3/c1-18-11-4-2-9(3-5-11)12(8-15(16)17)10(6-13)7-14/h2-5,10,12H,8H2,1H3. The predicted molar refractivity (Wildman–Crippen MR) is 62.3 cm³/mol. The van der Waals surface area contributed by atoms with Gasteiger partial charge in [0.25, 0.3) is 0 Å². The van der Waals surface area contributed by atoms with Crippen molar-refractivity contribution in [3.05, 3.63) is 39.9 Å². The van der Waals surface area contributed by atoms with Crippen LogP contribution < -0.4 is 4.74 Å². The molecule has 0 bridgehead atoms. The van der Waals surface area contributed by atoms with E-state index < -0.39 is 23.3 Å². The average Bonchev–Trinajstić information content (AvgIpc) is 2.38. The summed E-state index contributed by atoms with van der Waals surface area (Å²) >= 11 is 0. The zero-order valence-corrected chi connectivity index (χ0v) is 9.74. The Hall–Kier alpha value is -2.60. The van der Waals surface area contributed by atoms with Crippen molar-refractivity contribution in [2.45, 2.75) is 5.92 Å². The third-order valence-electron chi connectivity index (χ3n) is 2.57. The van der Waals surface area contributed by atoms with Crippen molar-refractivity contribution in [1.29, 1.82) is 10.5 Å². The summed E-state index contributed by atoms with van der Waals surface area (Å²) in [5, 5.41) is 28.3. The average molecular weight is 245 g/mol. The van der Waals surface area contributed by atoms with Crippen LogP contribution in [0.3, 0.4) is 0 Å². The molecule has 0 aliphatic carbocycles. The van der Waals surface area contributed by atoms with E-state index in [0.29, 0.717) is 11.3 Å². The molecule has 0 spiro atoms. The van der Waals surface area contributed by atoms with Gasteiger partial charge >= 0.3 is 0 Å². The Balaban J connectivity index is 3.05. The fourth-order valence-electron chi connectivity index (χ4n) is 1.62. The van der Waals surface area contributed by atoms with Gasteiger partial charge < -0.3 is 4.74 Å². The molecular formula is C12H11N3O3. The number of rotatable bonds is 5. The maximum absolute atomic E-state index is 10.6. The first-order valence-electron chi connectivity index (χ1n) is 5.17. The minimum absolute atomic E-state index is 0.446. The largest absolute Gasteiger partial charge is 0.497 e. The van der Waals surface area contributed by atoms with Gasteiger partial charge in [0.05, 0.1) is 25.2 Å². The lowest BCUT2D eigenvalue weighted by atomic mass is 9.88. The second kappa shape index (κ2) is 6.21. The SMILES string of the molecule is COc1ccc(C(C[N+](=O)[O-])C(C#N)C#N)cc1. The molecule has 1 unspecified atom stereocenters. The van der Waals surface area contributed by atoms with Crippen LogP contribution in [0, 0.1) is 38.7 Å². The van der Waals surface area contributed by atoms with Crippen LogP contribution in [0.5, 0.6) is 5.75 Å². The summed E-state index contributed by atoms with van der Waals surface area (Å²) < 4.78 is 4.98. The summed E-state index contributed by atoms with van der Waals surface area (Å²) in [6.45, 7) is -0.446. The van der Waals surface area contributed by atoms with Crippen LogP contribution >= 0.6 is 0 Å². The summed E-state index contributed by atoms with van der Waals surface area (Å²) in [7, 11) is 1.51. The van der Waals surface area contributed by atoms with Gasteiger partial charge in [-0.2, -0.15) is 10.5 Å². The number of hydrogen-bond donors (Lipinski definition) is 0. The van der Waals surface area contributed by atoms with Gasteiger partial charge in [-0.1, -0.05) is 12.1 Å². The monoisotopic (exact) mass is 245 g/mol. The van der Waals surface area contributed by atoms with E-state index in [1.54, 1.807) is 36.4 Å². The molecule has 0 N–H and O–H groups in total. The van der Waals surface area contributed by atoms with Crippen molar-refractivity contribution in [3.63, 3.8) is 0 Å². The van der Waals surface area contributed by atoms with Crippen molar-refractivity contribution in [2.75, 3.05) is 13.7 Å². The minimum Gasteiger partial charge on any atom is -0.497 e. The summed E-state index contributed by atoms with van der Waals surface area (Å²) in [5.41, 5.74) is 0.584. The lowest BCUT2D eigenvalue weighted by molar-refractivity contribution is -0.484. The molecule has 0 aliphatic rings. The van der Waals surface area contributed by atoms with Crippen LogP contribution in [0.4, 0.5) is 0 Å². The van der Waals surface area contributed by atoms with E-state index in [9.17, 15) is 10.1 Å². The molecule has 0 heterocycles. The van der Waals surface area contributed by atoms with Crippen molar-refractivity contribution in [1.82, 2.24) is 0 Å². The highest BCUT2D eigenvalue weighted by atomic mass is 16.6. The topological polar surface area (TPSA) is 99.9 Å². The summed E-state index contributed by atoms with van der Waals surface area (Å²) in [5.74, 6) is -1.16. The summed E-state index contributed by atoms with van der Waals surface area (Å²) in [6.07, 6.45) is 0. The molecular weight excluding hydrogens is 234 g/mol. The number of methoxy groups -OCH3 is 1. The fraction of sp³-hybridized carbons (Fsp3) is 0.333. The van der Waals surface area contributed by atoms with Crippen molar-refractivity contribution >= 4 is 0 Å². The molecule has 1 rings (SSSR count). The van der Waals surface area contributed by atoms with Crippen molar-refractivity contribution in [3.8, 4) is 17.9 Å². The normalized spacial score (nSPS) is 11.3. The Morgan fingerprint density at radius 1 is 1.33 bits per heavy atom. The maximum atomic E-state index is 10.6. The Kier molecular flexibility index (Phi) is 4.65. The Morgan fingerprint density at radius 3 is 2.28 bits per heavy atom. The van der Waals surface area contributed by atoms with Gasteiger partial charge in [0.2, 0.25) is 6.54 Å². The van der Waals surface area contributed by atoms with E-state index in [0.717, 1.165) is 0 Å². The first kappa shape index (κ1) is 13.5. The van der Waals surface area contributed by atoms with Crippen LogP contribution in [0.25, 0.3) is 0 Å². The summed E-state index contributed by atoms with van der Waals surface area (Å²) in [4.78, 5) is 10.1. The lowest BCUT2D eigenvalue weighted by Crippen LogP contribution is -2.19. The molecule has 18 heavy (non-hydrogen) atoms.